The van der Waals surface area contributed by atoms with Crippen molar-refractivity contribution in [2.75, 3.05) is 0 Å². The highest BCUT2D eigenvalue weighted by Crippen LogP contribution is 2.30. The van der Waals surface area contributed by atoms with E-state index >= 15 is 0 Å². The van der Waals surface area contributed by atoms with Crippen molar-refractivity contribution in [2.24, 2.45) is 13.0 Å². The van der Waals surface area contributed by atoms with Crippen LogP contribution in [0, 0.1) is 5.92 Å². The number of benzene rings is 1. The average molecular weight is 337 g/mol. The Kier molecular flexibility index (Phi) is 4.15. The topological polar surface area (TPSA) is 64.0 Å². The number of nitrogens with one attached hydrogen (secondary N) is 1. The number of carbonyl (C=O) groups excluding carboxylic acids is 1. The maximum atomic E-state index is 12.8. The summed E-state index contributed by atoms with van der Waals surface area (Å²) in [7, 11) is 1.67. The number of fused-ring (bicyclic) bond motifs is 2. The largest absolute Gasteiger partial charge is 0.349 e. The molecule has 5 heteroatoms. The van der Waals surface area contributed by atoms with Crippen LogP contribution in [0.5, 0.6) is 0 Å². The van der Waals surface area contributed by atoms with Crippen molar-refractivity contribution in [3.05, 3.63) is 63.1 Å². The Morgan fingerprint density at radius 2 is 2.04 bits per heavy atom. The fraction of sp³-hybridized carbons (Fsp3) is 0.450. The molecule has 0 aliphatic heterocycles. The van der Waals surface area contributed by atoms with Crippen LogP contribution in [0.4, 0.5) is 0 Å². The molecule has 2 aromatic rings. The molecule has 1 aromatic carbocycles. The number of hydrogen-bond donors (Lipinski definition) is 1. The lowest BCUT2D eigenvalue weighted by Crippen LogP contribution is -2.38. The van der Waals surface area contributed by atoms with E-state index in [-0.39, 0.29) is 23.4 Å². The van der Waals surface area contributed by atoms with Gasteiger partial charge in [0.1, 0.15) is 0 Å². The third kappa shape index (κ3) is 3.11. The molecule has 1 heterocycles. The summed E-state index contributed by atoms with van der Waals surface area (Å²) < 4.78 is 1.37. The highest BCUT2D eigenvalue weighted by Gasteiger charge is 2.29. The number of aromatic nitrogens is 2. The Labute approximate surface area is 147 Å². The summed E-state index contributed by atoms with van der Waals surface area (Å²) in [5.41, 5.74) is 4.38. The van der Waals surface area contributed by atoms with Gasteiger partial charge in [-0.25, -0.2) is 4.68 Å². The highest BCUT2D eigenvalue weighted by molar-refractivity contribution is 5.80. The third-order valence-electron chi connectivity index (χ3n) is 5.51. The minimum Gasteiger partial charge on any atom is -0.349 e. The zero-order valence-corrected chi connectivity index (χ0v) is 14.5. The third-order valence-corrected chi connectivity index (χ3v) is 5.51. The molecular weight excluding hydrogens is 314 g/mol. The molecule has 2 aliphatic carbocycles. The summed E-state index contributed by atoms with van der Waals surface area (Å²) in [5, 5.41) is 7.58. The monoisotopic (exact) mass is 337 g/mol. The number of carbonyl (C=O) groups is 1. The Morgan fingerprint density at radius 1 is 1.20 bits per heavy atom. The predicted octanol–water partition coefficient (Wildman–Crippen LogP) is 2.08. The summed E-state index contributed by atoms with van der Waals surface area (Å²) in [6.07, 6.45) is 5.34. The SMILES string of the molecule is Cn1nc2c(cc1=O)C[C@H](C(=O)N[C@@H]1CCCc3ccccc31)CC2. The minimum atomic E-state index is -0.110. The van der Waals surface area contributed by atoms with E-state index in [9.17, 15) is 9.59 Å². The van der Waals surface area contributed by atoms with Gasteiger partial charge in [-0.3, -0.25) is 9.59 Å². The van der Waals surface area contributed by atoms with Crippen molar-refractivity contribution in [3.8, 4) is 0 Å². The lowest BCUT2D eigenvalue weighted by Gasteiger charge is -2.29. The quantitative estimate of drug-likeness (QED) is 0.912. The van der Waals surface area contributed by atoms with Crippen LogP contribution in [0.2, 0.25) is 0 Å². The van der Waals surface area contributed by atoms with Gasteiger partial charge in [0.25, 0.3) is 5.56 Å². The molecule has 0 saturated heterocycles. The lowest BCUT2D eigenvalue weighted by atomic mass is 9.84. The Balaban J connectivity index is 1.49. The Hall–Kier alpha value is -2.43. The first-order chi connectivity index (χ1) is 12.1. The minimum absolute atomic E-state index is 0.0736. The molecule has 130 valence electrons. The van der Waals surface area contributed by atoms with Crippen LogP contribution in [0.25, 0.3) is 0 Å². The standard InChI is InChI=1S/C20H23N3O2/c1-23-19(24)12-15-11-14(9-10-17(15)22-23)20(25)21-18-8-4-6-13-5-2-3-7-16(13)18/h2-3,5,7,12,14,18H,4,6,8-11H2,1H3,(H,21,25)/t14-,18-/m1/s1. The smallest absolute Gasteiger partial charge is 0.266 e. The fourth-order valence-electron chi connectivity index (χ4n) is 4.10. The maximum Gasteiger partial charge on any atom is 0.266 e. The molecule has 2 aliphatic rings. The summed E-state index contributed by atoms with van der Waals surface area (Å²) in [5.74, 6) is 0.0310. The molecule has 0 spiro atoms. The molecule has 1 amide bonds. The van der Waals surface area contributed by atoms with Crippen molar-refractivity contribution < 1.29 is 4.79 Å². The van der Waals surface area contributed by atoms with E-state index in [1.54, 1.807) is 13.1 Å². The van der Waals surface area contributed by atoms with E-state index in [2.05, 4.69) is 28.6 Å². The summed E-state index contributed by atoms with van der Waals surface area (Å²) in [6, 6.07) is 10.1. The highest BCUT2D eigenvalue weighted by atomic mass is 16.2. The van der Waals surface area contributed by atoms with Gasteiger partial charge >= 0.3 is 0 Å². The maximum absolute atomic E-state index is 12.8. The molecule has 4 rings (SSSR count). The van der Waals surface area contributed by atoms with E-state index in [0.717, 1.165) is 43.4 Å². The van der Waals surface area contributed by atoms with Gasteiger partial charge in [0.2, 0.25) is 5.91 Å². The van der Waals surface area contributed by atoms with Crippen molar-refractivity contribution in [1.82, 2.24) is 15.1 Å². The number of nitrogens with zero attached hydrogens (tertiary/aromatic N) is 2. The van der Waals surface area contributed by atoms with Crippen LogP contribution in [0.3, 0.4) is 0 Å². The zero-order valence-electron chi connectivity index (χ0n) is 14.5. The van der Waals surface area contributed by atoms with Gasteiger partial charge in [-0.05, 0) is 55.2 Å². The Bertz CT molecular complexity index is 871. The molecule has 0 saturated carbocycles. The van der Waals surface area contributed by atoms with Gasteiger partial charge in [0.05, 0.1) is 11.7 Å². The molecule has 0 unspecified atom stereocenters. The van der Waals surface area contributed by atoms with Gasteiger partial charge in [-0.15, -0.1) is 0 Å². The first kappa shape index (κ1) is 16.1. The lowest BCUT2D eigenvalue weighted by molar-refractivity contribution is -0.126. The molecule has 2 atom stereocenters. The van der Waals surface area contributed by atoms with Crippen molar-refractivity contribution in [1.29, 1.82) is 0 Å². The molecule has 0 radical (unpaired) electrons. The van der Waals surface area contributed by atoms with E-state index < -0.39 is 0 Å². The second-order valence-corrected chi connectivity index (χ2v) is 7.17. The van der Waals surface area contributed by atoms with Gasteiger partial charge in [0, 0.05) is 19.0 Å². The van der Waals surface area contributed by atoms with Crippen LogP contribution in [-0.2, 0) is 31.1 Å². The first-order valence-electron chi connectivity index (χ1n) is 9.06. The van der Waals surface area contributed by atoms with Gasteiger partial charge in [0.15, 0.2) is 0 Å². The van der Waals surface area contributed by atoms with Crippen LogP contribution in [0.1, 0.15) is 47.7 Å². The molecule has 1 N–H and O–H groups in total. The number of rotatable bonds is 2. The van der Waals surface area contributed by atoms with Crippen molar-refractivity contribution in [2.45, 2.75) is 44.6 Å². The molecular formula is C20H23N3O2. The molecule has 0 fully saturated rings. The number of aryl methyl sites for hydroxylation is 3. The van der Waals surface area contributed by atoms with E-state index in [0.29, 0.717) is 6.42 Å². The van der Waals surface area contributed by atoms with Crippen LogP contribution < -0.4 is 10.9 Å². The van der Waals surface area contributed by atoms with Crippen molar-refractivity contribution in [3.63, 3.8) is 0 Å². The van der Waals surface area contributed by atoms with Gasteiger partial charge in [-0.2, -0.15) is 5.10 Å². The molecule has 25 heavy (non-hydrogen) atoms. The van der Waals surface area contributed by atoms with Crippen LogP contribution >= 0.6 is 0 Å². The first-order valence-corrected chi connectivity index (χ1v) is 9.06. The summed E-state index contributed by atoms with van der Waals surface area (Å²) in [6.45, 7) is 0. The summed E-state index contributed by atoms with van der Waals surface area (Å²) >= 11 is 0. The number of amides is 1. The van der Waals surface area contributed by atoms with Crippen LogP contribution in [0.15, 0.2) is 35.1 Å². The number of hydrogen-bond acceptors (Lipinski definition) is 3. The fourth-order valence-corrected chi connectivity index (χ4v) is 4.10. The van der Waals surface area contributed by atoms with E-state index in [1.165, 1.54) is 15.8 Å². The van der Waals surface area contributed by atoms with E-state index in [4.69, 9.17) is 0 Å². The molecule has 5 nitrogen and oxygen atoms in total. The van der Waals surface area contributed by atoms with Gasteiger partial charge in [-0.1, -0.05) is 24.3 Å². The summed E-state index contributed by atoms with van der Waals surface area (Å²) in [4.78, 5) is 24.6. The second kappa shape index (κ2) is 6.47. The van der Waals surface area contributed by atoms with Gasteiger partial charge < -0.3 is 5.32 Å². The Morgan fingerprint density at radius 3 is 2.92 bits per heavy atom. The molecule has 1 aromatic heterocycles. The van der Waals surface area contributed by atoms with Crippen molar-refractivity contribution >= 4 is 5.91 Å². The predicted molar refractivity (Wildman–Crippen MR) is 95.3 cm³/mol. The average Bonchev–Trinajstić information content (AvgIpc) is 2.62. The van der Waals surface area contributed by atoms with Crippen LogP contribution in [-0.4, -0.2) is 15.7 Å². The molecule has 0 bridgehead atoms. The normalized spacial score (nSPS) is 22.0. The van der Waals surface area contributed by atoms with E-state index in [1.807, 2.05) is 6.07 Å². The second-order valence-electron chi connectivity index (χ2n) is 7.17. The zero-order chi connectivity index (χ0) is 17.4.